The Morgan fingerprint density at radius 2 is 1.72 bits per heavy atom. The van der Waals surface area contributed by atoms with Crippen molar-refractivity contribution in [3.63, 3.8) is 0 Å². The molecule has 3 nitrogen and oxygen atoms in total. The first-order valence-electron chi connectivity index (χ1n) is 6.85. The van der Waals surface area contributed by atoms with Crippen LogP contribution in [0, 0.1) is 0 Å². The summed E-state index contributed by atoms with van der Waals surface area (Å²) in [6.07, 6.45) is 14.3. The van der Waals surface area contributed by atoms with Gasteiger partial charge in [-0.25, -0.2) is 0 Å². The summed E-state index contributed by atoms with van der Waals surface area (Å²) in [4.78, 5) is 10.1. The van der Waals surface area contributed by atoms with E-state index in [2.05, 4.69) is 18.3 Å². The van der Waals surface area contributed by atoms with Crippen LogP contribution in [0.25, 0.3) is 0 Å². The SMILES string of the molecule is CCCCCCCCCC=CNCCC(=O)[O-].[Na+]. The van der Waals surface area contributed by atoms with Crippen LogP contribution >= 0.6 is 0 Å². The molecule has 0 aromatic carbocycles. The van der Waals surface area contributed by atoms with Crippen molar-refractivity contribution in [1.82, 2.24) is 5.32 Å². The van der Waals surface area contributed by atoms with E-state index in [1.165, 1.54) is 44.9 Å². The van der Waals surface area contributed by atoms with Gasteiger partial charge in [-0.15, -0.1) is 0 Å². The zero-order valence-corrected chi connectivity index (χ0v) is 14.0. The molecule has 0 unspecified atom stereocenters. The minimum atomic E-state index is -1.00. The molecule has 0 aromatic rings. The van der Waals surface area contributed by atoms with Crippen LogP contribution in [0.1, 0.15) is 64.7 Å². The number of nitrogens with one attached hydrogen (secondary N) is 1. The zero-order valence-electron chi connectivity index (χ0n) is 12.0. The Bertz CT molecular complexity index is 208. The molecule has 4 heteroatoms. The summed E-state index contributed by atoms with van der Waals surface area (Å²) in [5.41, 5.74) is 0. The number of unbranched alkanes of at least 4 members (excludes halogenated alkanes) is 7. The molecule has 0 saturated heterocycles. The molecule has 0 atom stereocenters. The molecule has 0 amide bonds. The van der Waals surface area contributed by atoms with Crippen LogP contribution in [-0.4, -0.2) is 12.5 Å². The van der Waals surface area contributed by atoms with Gasteiger partial charge in [0.1, 0.15) is 0 Å². The molecule has 0 rings (SSSR count). The predicted molar refractivity (Wildman–Crippen MR) is 69.4 cm³/mol. The molecule has 0 saturated carbocycles. The Morgan fingerprint density at radius 1 is 1.11 bits per heavy atom. The summed E-state index contributed by atoms with van der Waals surface area (Å²) in [5.74, 6) is -1.00. The molecule has 1 N–H and O–H groups in total. The van der Waals surface area contributed by atoms with E-state index >= 15 is 0 Å². The maximum absolute atomic E-state index is 10.1. The molecule has 0 aromatic heterocycles. The summed E-state index contributed by atoms with van der Waals surface area (Å²) in [6, 6.07) is 0. The molecule has 0 aliphatic carbocycles. The van der Waals surface area contributed by atoms with Crippen molar-refractivity contribution in [1.29, 1.82) is 0 Å². The van der Waals surface area contributed by atoms with Crippen molar-refractivity contribution < 1.29 is 39.5 Å². The fraction of sp³-hybridized carbons (Fsp3) is 0.786. The number of carbonyl (C=O) groups is 1. The molecule has 0 aliphatic rings. The van der Waals surface area contributed by atoms with Gasteiger partial charge in [0.15, 0.2) is 0 Å². The summed E-state index contributed by atoms with van der Waals surface area (Å²) in [7, 11) is 0. The second kappa shape index (κ2) is 17.0. The maximum atomic E-state index is 10.1. The second-order valence-corrected chi connectivity index (χ2v) is 4.39. The quantitative estimate of drug-likeness (QED) is 0.377. The van der Waals surface area contributed by atoms with Gasteiger partial charge < -0.3 is 15.2 Å². The summed E-state index contributed by atoms with van der Waals surface area (Å²) in [6.45, 7) is 2.69. The van der Waals surface area contributed by atoms with Crippen LogP contribution in [0.5, 0.6) is 0 Å². The molecule has 0 heterocycles. The van der Waals surface area contributed by atoms with Crippen molar-refractivity contribution in [2.45, 2.75) is 64.7 Å². The van der Waals surface area contributed by atoms with E-state index in [0.29, 0.717) is 6.54 Å². The van der Waals surface area contributed by atoms with Gasteiger partial charge in [-0.05, 0) is 19.0 Å². The van der Waals surface area contributed by atoms with Crippen LogP contribution in [0.3, 0.4) is 0 Å². The molecular formula is C14H26NNaO2. The summed E-state index contributed by atoms with van der Waals surface area (Å²) in [5, 5.41) is 13.0. The summed E-state index contributed by atoms with van der Waals surface area (Å²) < 4.78 is 0. The van der Waals surface area contributed by atoms with Gasteiger partial charge in [0.25, 0.3) is 0 Å². The normalized spacial score (nSPS) is 10.3. The average Bonchev–Trinajstić information content (AvgIpc) is 2.30. The van der Waals surface area contributed by atoms with Gasteiger partial charge in [0.2, 0.25) is 0 Å². The fourth-order valence-corrected chi connectivity index (χ4v) is 1.64. The largest absolute Gasteiger partial charge is 1.00 e. The van der Waals surface area contributed by atoms with E-state index in [1.807, 2.05) is 6.20 Å². The zero-order chi connectivity index (χ0) is 12.8. The van der Waals surface area contributed by atoms with Crippen molar-refractivity contribution in [2.75, 3.05) is 6.54 Å². The Morgan fingerprint density at radius 3 is 2.33 bits per heavy atom. The third-order valence-corrected chi connectivity index (χ3v) is 2.68. The predicted octanol–water partition coefficient (Wildman–Crippen LogP) is -0.626. The third kappa shape index (κ3) is 18.4. The van der Waals surface area contributed by atoms with Crippen LogP contribution in [0.2, 0.25) is 0 Å². The summed E-state index contributed by atoms with van der Waals surface area (Å²) >= 11 is 0. The smallest absolute Gasteiger partial charge is 0.550 e. The van der Waals surface area contributed by atoms with E-state index in [-0.39, 0.29) is 36.0 Å². The number of hydrogen-bond acceptors (Lipinski definition) is 3. The number of carbonyl (C=O) groups excluding carboxylic acids is 1. The Hall–Kier alpha value is 0.0100. The first kappa shape index (κ1) is 20.3. The Labute approximate surface area is 134 Å². The third-order valence-electron chi connectivity index (χ3n) is 2.68. The average molecular weight is 263 g/mol. The van der Waals surface area contributed by atoms with Crippen molar-refractivity contribution in [3.05, 3.63) is 12.3 Å². The van der Waals surface area contributed by atoms with Crippen LogP contribution in [0.15, 0.2) is 12.3 Å². The monoisotopic (exact) mass is 263 g/mol. The topological polar surface area (TPSA) is 52.2 Å². The van der Waals surface area contributed by atoms with Crippen molar-refractivity contribution in [2.24, 2.45) is 0 Å². The number of carboxylic acids is 1. The van der Waals surface area contributed by atoms with E-state index in [4.69, 9.17) is 0 Å². The number of carboxylic acid groups (broad SMARTS) is 1. The molecule has 0 spiro atoms. The Balaban J connectivity index is 0. The van der Waals surface area contributed by atoms with E-state index in [0.717, 1.165) is 6.42 Å². The van der Waals surface area contributed by atoms with Crippen molar-refractivity contribution in [3.8, 4) is 0 Å². The molecular weight excluding hydrogens is 237 g/mol. The van der Waals surface area contributed by atoms with Crippen LogP contribution in [-0.2, 0) is 4.79 Å². The minimum Gasteiger partial charge on any atom is -0.550 e. The standard InChI is InChI=1S/C14H27NO2.Na/c1-2-3-4-5-6-7-8-9-10-12-15-13-11-14(16)17;/h10,12,15H,2-9,11,13H2,1H3,(H,16,17);/q;+1/p-1. The number of allylic oxidation sites excluding steroid dienone is 1. The van der Waals surface area contributed by atoms with Crippen LogP contribution < -0.4 is 40.0 Å². The molecule has 0 fully saturated rings. The van der Waals surface area contributed by atoms with Gasteiger partial charge >= 0.3 is 29.6 Å². The van der Waals surface area contributed by atoms with Crippen LogP contribution in [0.4, 0.5) is 0 Å². The van der Waals surface area contributed by atoms with E-state index < -0.39 is 5.97 Å². The number of hydrogen-bond donors (Lipinski definition) is 1. The first-order valence-corrected chi connectivity index (χ1v) is 6.85. The van der Waals surface area contributed by atoms with Crippen molar-refractivity contribution >= 4 is 5.97 Å². The second-order valence-electron chi connectivity index (χ2n) is 4.39. The molecule has 0 radical (unpaired) electrons. The first-order chi connectivity index (χ1) is 8.27. The van der Waals surface area contributed by atoms with Gasteiger partial charge in [-0.1, -0.05) is 51.5 Å². The number of aliphatic carboxylic acids is 1. The van der Waals surface area contributed by atoms with E-state index in [1.54, 1.807) is 0 Å². The van der Waals surface area contributed by atoms with Gasteiger partial charge in [-0.3, -0.25) is 0 Å². The molecule has 100 valence electrons. The molecule has 18 heavy (non-hydrogen) atoms. The Kier molecular flexibility index (Phi) is 19.2. The van der Waals surface area contributed by atoms with Gasteiger partial charge in [-0.2, -0.15) is 0 Å². The maximum Gasteiger partial charge on any atom is 1.00 e. The van der Waals surface area contributed by atoms with Gasteiger partial charge in [0.05, 0.1) is 0 Å². The fourth-order valence-electron chi connectivity index (χ4n) is 1.64. The van der Waals surface area contributed by atoms with Gasteiger partial charge in [0, 0.05) is 18.9 Å². The molecule has 0 aliphatic heterocycles. The number of rotatable bonds is 12. The molecule has 0 bridgehead atoms. The minimum absolute atomic E-state index is 0. The van der Waals surface area contributed by atoms with E-state index in [9.17, 15) is 9.90 Å².